The minimum Gasteiger partial charge on any atom is -0.457 e. The molecule has 4 N–H and O–H groups in total. The molecule has 1 aliphatic rings. The van der Waals surface area contributed by atoms with Gasteiger partial charge in [-0.25, -0.2) is 4.18 Å². The van der Waals surface area contributed by atoms with Crippen molar-refractivity contribution >= 4 is 16.4 Å². The van der Waals surface area contributed by atoms with Gasteiger partial charge in [0.2, 0.25) is 0 Å². The van der Waals surface area contributed by atoms with E-state index in [4.69, 9.17) is 23.5 Å². The summed E-state index contributed by atoms with van der Waals surface area (Å²) < 4.78 is 59.0. The molecular weight excluding hydrogens is 837 g/mol. The van der Waals surface area contributed by atoms with Crippen molar-refractivity contribution in [2.45, 2.75) is 179 Å². The average Bonchev–Trinajstić information content (AvgIpc) is 3.27. The van der Waals surface area contributed by atoms with Gasteiger partial charge >= 0.3 is 16.4 Å². The van der Waals surface area contributed by atoms with Gasteiger partial charge in [-0.1, -0.05) is 162 Å². The highest BCUT2D eigenvalue weighted by atomic mass is 32.3. The molecule has 0 aromatic rings. The van der Waals surface area contributed by atoms with Crippen molar-refractivity contribution < 1.29 is 56.2 Å². The molecule has 1 saturated heterocycles. The average molecular weight is 919 g/mol. The number of hydrogen-bond acceptors (Lipinski definition) is 11. The van der Waals surface area contributed by atoms with Crippen LogP contribution in [0, 0.1) is 0 Å². The van der Waals surface area contributed by atoms with Crippen LogP contribution in [-0.4, -0.2) is 97.5 Å². The summed E-state index contributed by atoms with van der Waals surface area (Å²) in [5.41, 5.74) is 0. The van der Waals surface area contributed by atoms with Crippen molar-refractivity contribution in [3.63, 3.8) is 0 Å². The van der Waals surface area contributed by atoms with Crippen LogP contribution >= 0.6 is 0 Å². The van der Waals surface area contributed by atoms with Crippen LogP contribution < -0.4 is 0 Å². The van der Waals surface area contributed by atoms with E-state index in [1.54, 1.807) is 0 Å². The van der Waals surface area contributed by atoms with Crippen molar-refractivity contribution in [2.24, 2.45) is 0 Å². The fourth-order valence-electron chi connectivity index (χ4n) is 6.42. The van der Waals surface area contributed by atoms with E-state index in [9.17, 15) is 28.5 Å². The maximum absolute atomic E-state index is 12.8. The number of allylic oxidation sites excluding steroid dienone is 18. The van der Waals surface area contributed by atoms with Crippen LogP contribution in [0.1, 0.15) is 142 Å². The summed E-state index contributed by atoms with van der Waals surface area (Å²) in [4.78, 5) is 12.8. The Morgan fingerprint density at radius 3 is 1.50 bits per heavy atom. The van der Waals surface area contributed by atoms with Gasteiger partial charge in [-0.3, -0.25) is 9.35 Å². The van der Waals surface area contributed by atoms with Gasteiger partial charge in [0.15, 0.2) is 6.29 Å². The Hall–Kier alpha value is -3.24. The summed E-state index contributed by atoms with van der Waals surface area (Å²) >= 11 is 0. The molecule has 0 bridgehead atoms. The van der Waals surface area contributed by atoms with Crippen LogP contribution in [0.4, 0.5) is 0 Å². The van der Waals surface area contributed by atoms with Crippen LogP contribution in [0.3, 0.4) is 0 Å². The molecule has 6 unspecified atom stereocenters. The number of carbonyl (C=O) groups excluding carboxylic acids is 1. The summed E-state index contributed by atoms with van der Waals surface area (Å²) in [6.45, 7) is 3.62. The number of unbranched alkanes of at least 4 members (excludes halogenated alkanes) is 8. The van der Waals surface area contributed by atoms with Crippen molar-refractivity contribution in [1.29, 1.82) is 0 Å². The molecule has 1 aliphatic heterocycles. The fraction of sp³-hybridized carbons (Fsp3) is 0.627. The molecule has 0 radical (unpaired) electrons. The molecule has 0 spiro atoms. The molecule has 364 valence electrons. The van der Waals surface area contributed by atoms with E-state index in [1.807, 2.05) is 12.2 Å². The van der Waals surface area contributed by atoms with Crippen molar-refractivity contribution in [3.8, 4) is 0 Å². The molecule has 0 amide bonds. The van der Waals surface area contributed by atoms with Gasteiger partial charge in [0, 0.05) is 13.0 Å². The number of rotatable bonds is 39. The molecule has 13 heteroatoms. The zero-order valence-electron chi connectivity index (χ0n) is 38.8. The Kier molecular flexibility index (Phi) is 37.8. The molecule has 0 aromatic carbocycles. The molecule has 12 nitrogen and oxygen atoms in total. The van der Waals surface area contributed by atoms with Gasteiger partial charge in [0.1, 0.15) is 30.5 Å². The molecule has 0 aromatic heterocycles. The van der Waals surface area contributed by atoms with E-state index in [0.29, 0.717) is 13.0 Å². The van der Waals surface area contributed by atoms with Crippen molar-refractivity contribution in [1.82, 2.24) is 0 Å². The van der Waals surface area contributed by atoms with E-state index in [0.717, 1.165) is 89.9 Å². The summed E-state index contributed by atoms with van der Waals surface area (Å²) in [5.74, 6) is -0.487. The molecule has 1 heterocycles. The predicted octanol–water partition coefficient (Wildman–Crippen LogP) is 10.4. The largest absolute Gasteiger partial charge is 0.457 e. The number of aliphatic hydroxyl groups excluding tert-OH is 3. The molecule has 64 heavy (non-hydrogen) atoms. The highest BCUT2D eigenvalue weighted by Gasteiger charge is 2.48. The van der Waals surface area contributed by atoms with E-state index >= 15 is 0 Å². The summed E-state index contributed by atoms with van der Waals surface area (Å²) in [6, 6.07) is 0. The van der Waals surface area contributed by atoms with Crippen LogP contribution in [-0.2, 0) is 38.3 Å². The summed E-state index contributed by atoms with van der Waals surface area (Å²) in [6.07, 6.45) is 48.6. The molecule has 0 aliphatic carbocycles. The monoisotopic (exact) mass is 919 g/mol. The maximum Gasteiger partial charge on any atom is 0.397 e. The Morgan fingerprint density at radius 2 is 1.03 bits per heavy atom. The first-order valence-electron chi connectivity index (χ1n) is 23.6. The third-order valence-electron chi connectivity index (χ3n) is 9.90. The second-order valence-corrected chi connectivity index (χ2v) is 16.6. The number of aliphatic hydroxyl groups is 3. The highest BCUT2D eigenvalue weighted by molar-refractivity contribution is 7.80. The lowest BCUT2D eigenvalue weighted by molar-refractivity contribution is -0.301. The maximum atomic E-state index is 12.8. The topological polar surface area (TPSA) is 178 Å². The first-order valence-corrected chi connectivity index (χ1v) is 25.0. The number of esters is 1. The lowest BCUT2D eigenvalue weighted by Gasteiger charge is -2.41. The summed E-state index contributed by atoms with van der Waals surface area (Å²) in [5, 5.41) is 30.7. The molecule has 1 rings (SSSR count). The van der Waals surface area contributed by atoms with Gasteiger partial charge in [-0.15, -0.1) is 0 Å². The van der Waals surface area contributed by atoms with E-state index in [1.165, 1.54) is 25.7 Å². The normalized spacial score (nSPS) is 20.8. The van der Waals surface area contributed by atoms with Gasteiger partial charge < -0.3 is 34.3 Å². The van der Waals surface area contributed by atoms with E-state index < -0.39 is 59.8 Å². The third-order valence-corrected chi connectivity index (χ3v) is 10.4. The van der Waals surface area contributed by atoms with E-state index in [-0.39, 0.29) is 19.6 Å². The summed E-state index contributed by atoms with van der Waals surface area (Å²) in [7, 11) is -5.08. The molecule has 1 fully saturated rings. The number of carbonyl (C=O) groups is 1. The SMILES string of the molecule is CC/C=C\C/C=C\C/C=C\C/C=C\C/C=C\CCCCCCCCCCOCC(COC1OC(CO)C(O)C(OS(=O)(=O)O)C1O)OC(=O)CC/C=C\C/C=C\C/C=C\C/C=C\CC. The first-order chi connectivity index (χ1) is 31.1. The Bertz CT molecular complexity index is 1530. The minimum atomic E-state index is -5.08. The zero-order valence-corrected chi connectivity index (χ0v) is 39.6. The predicted molar refractivity (Wildman–Crippen MR) is 257 cm³/mol. The number of hydrogen-bond donors (Lipinski definition) is 4. The lowest BCUT2D eigenvalue weighted by Crippen LogP contribution is -2.60. The Labute approximate surface area is 386 Å². The lowest BCUT2D eigenvalue weighted by atomic mass is 9.99. The zero-order chi connectivity index (χ0) is 46.8. The molecular formula is C51H82O12S. The Balaban J connectivity index is 2.41. The fourth-order valence-corrected chi connectivity index (χ4v) is 6.93. The first kappa shape index (κ1) is 58.8. The van der Waals surface area contributed by atoms with Gasteiger partial charge in [-0.05, 0) is 83.5 Å². The van der Waals surface area contributed by atoms with Gasteiger partial charge in [0.25, 0.3) is 0 Å². The van der Waals surface area contributed by atoms with Crippen molar-refractivity contribution in [2.75, 3.05) is 26.4 Å². The van der Waals surface area contributed by atoms with Crippen LogP contribution in [0.2, 0.25) is 0 Å². The Morgan fingerprint density at radius 1 is 0.594 bits per heavy atom. The minimum absolute atomic E-state index is 0.00653. The highest BCUT2D eigenvalue weighted by Crippen LogP contribution is 2.26. The molecule has 6 atom stereocenters. The quantitative estimate of drug-likeness (QED) is 0.0199. The standard InChI is InChI=1S/C51H82O12S/c1-3-5-7-9-11-13-15-17-18-19-20-21-22-23-24-25-26-27-29-31-33-35-37-39-41-59-43-45(44-60-51-49(55)50(63-64(56,57)58)48(54)46(42-52)62-51)61-47(53)40-38-36-34-32-30-28-16-14-12-10-8-6-4-2/h5-8,11-14,17-18,20-21,23-24,28,30,34,36,45-46,48-52,54-55H,3-4,9-10,15-16,19,22,25-27,29,31-33,35,37-44H2,1-2H3,(H,56,57,58)/b7-5-,8-6-,13-11-,14-12-,18-17-,21-20-,24-23-,30-28-,36-34-. The van der Waals surface area contributed by atoms with Crippen LogP contribution in [0.15, 0.2) is 109 Å². The van der Waals surface area contributed by atoms with Crippen LogP contribution in [0.5, 0.6) is 0 Å². The second-order valence-electron chi connectivity index (χ2n) is 15.6. The molecule has 0 saturated carbocycles. The number of ether oxygens (including phenoxy) is 4. The van der Waals surface area contributed by atoms with Crippen molar-refractivity contribution in [3.05, 3.63) is 109 Å². The van der Waals surface area contributed by atoms with Gasteiger partial charge in [0.05, 0.1) is 19.8 Å². The third kappa shape index (κ3) is 34.2. The van der Waals surface area contributed by atoms with Gasteiger partial charge in [-0.2, -0.15) is 8.42 Å². The second kappa shape index (κ2) is 41.2. The smallest absolute Gasteiger partial charge is 0.397 e. The van der Waals surface area contributed by atoms with E-state index in [2.05, 4.69) is 115 Å². The van der Waals surface area contributed by atoms with Crippen LogP contribution in [0.25, 0.3) is 0 Å².